The summed E-state index contributed by atoms with van der Waals surface area (Å²) in [5.41, 5.74) is 0. The van der Waals surface area contributed by atoms with E-state index < -0.39 is 86.8 Å². The van der Waals surface area contributed by atoms with Gasteiger partial charge in [-0.3, -0.25) is 4.79 Å². The number of allylic oxidation sites excluding steroid dienone is 21. The minimum Gasteiger partial charge on any atom is -0.394 e. The van der Waals surface area contributed by atoms with Crippen LogP contribution in [0, 0.1) is 0 Å². The molecule has 14 heteroatoms. The first-order chi connectivity index (χ1) is 46.1. The van der Waals surface area contributed by atoms with Crippen LogP contribution in [0.2, 0.25) is 0 Å². The maximum absolute atomic E-state index is 13.3. The van der Waals surface area contributed by atoms with Gasteiger partial charge in [-0.25, -0.2) is 0 Å². The number of rotatable bonds is 60. The zero-order valence-corrected chi connectivity index (χ0v) is 58.7. The van der Waals surface area contributed by atoms with Crippen molar-refractivity contribution in [3.63, 3.8) is 0 Å². The number of hydrogen-bond donors (Lipinski definition) is 9. The molecular weight excluding hydrogens is 1180 g/mol. The van der Waals surface area contributed by atoms with Crippen molar-refractivity contribution in [3.05, 3.63) is 134 Å². The van der Waals surface area contributed by atoms with E-state index in [1.807, 2.05) is 6.08 Å². The molecule has 0 aliphatic carbocycles. The molecule has 12 unspecified atom stereocenters. The van der Waals surface area contributed by atoms with Crippen LogP contribution in [0.25, 0.3) is 0 Å². The van der Waals surface area contributed by atoms with Crippen molar-refractivity contribution < 1.29 is 64.6 Å². The van der Waals surface area contributed by atoms with Crippen LogP contribution in [0.5, 0.6) is 0 Å². The maximum atomic E-state index is 13.3. The monoisotopic (exact) mass is 1320 g/mol. The number of hydrogen-bond acceptors (Lipinski definition) is 13. The number of carbonyl (C=O) groups excluding carboxylic acids is 1. The van der Waals surface area contributed by atoms with Gasteiger partial charge in [0.25, 0.3) is 0 Å². The van der Waals surface area contributed by atoms with Gasteiger partial charge in [0.1, 0.15) is 48.8 Å². The van der Waals surface area contributed by atoms with Gasteiger partial charge in [0, 0.05) is 6.42 Å². The van der Waals surface area contributed by atoms with Crippen LogP contribution < -0.4 is 5.32 Å². The second kappa shape index (κ2) is 62.6. The molecule has 0 radical (unpaired) electrons. The lowest BCUT2D eigenvalue weighted by Gasteiger charge is -2.46. The zero-order valence-electron chi connectivity index (χ0n) is 58.7. The second-order valence-corrected chi connectivity index (χ2v) is 25.7. The van der Waals surface area contributed by atoms with Gasteiger partial charge in [-0.05, 0) is 103 Å². The average Bonchev–Trinajstić information content (AvgIpc) is 0.794. The number of aliphatic hydroxyl groups is 8. The van der Waals surface area contributed by atoms with Crippen molar-refractivity contribution in [1.29, 1.82) is 0 Å². The summed E-state index contributed by atoms with van der Waals surface area (Å²) in [5.74, 6) is -0.284. The van der Waals surface area contributed by atoms with Gasteiger partial charge in [-0.1, -0.05) is 295 Å². The molecule has 2 fully saturated rings. The quantitative estimate of drug-likeness (QED) is 0.0204. The predicted molar refractivity (Wildman–Crippen MR) is 387 cm³/mol. The fourth-order valence-corrected chi connectivity index (χ4v) is 11.4. The molecule has 9 N–H and O–H groups in total. The largest absolute Gasteiger partial charge is 0.394 e. The minimum atomic E-state index is -1.80. The Kier molecular flexibility index (Phi) is 57.4. The zero-order chi connectivity index (χ0) is 68.0. The van der Waals surface area contributed by atoms with E-state index in [0.717, 1.165) is 89.9 Å². The molecule has 538 valence electrons. The Hall–Kier alpha value is -3.87. The molecule has 1 amide bonds. The summed E-state index contributed by atoms with van der Waals surface area (Å²) in [6, 6.07) is -0.962. The molecule has 2 rings (SSSR count). The van der Waals surface area contributed by atoms with Crippen LogP contribution in [0.4, 0.5) is 0 Å². The molecule has 94 heavy (non-hydrogen) atoms. The Morgan fingerprint density at radius 1 is 0.394 bits per heavy atom. The lowest BCUT2D eigenvalue weighted by atomic mass is 9.97. The van der Waals surface area contributed by atoms with Crippen LogP contribution >= 0.6 is 0 Å². The highest BCUT2D eigenvalue weighted by atomic mass is 16.7. The molecule has 0 aromatic carbocycles. The highest BCUT2D eigenvalue weighted by Crippen LogP contribution is 2.30. The molecule has 2 heterocycles. The van der Waals surface area contributed by atoms with E-state index in [0.29, 0.717) is 12.8 Å². The predicted octanol–water partition coefficient (Wildman–Crippen LogP) is 16.2. The van der Waals surface area contributed by atoms with E-state index in [1.54, 1.807) is 6.08 Å². The van der Waals surface area contributed by atoms with Crippen molar-refractivity contribution in [1.82, 2.24) is 5.32 Å². The van der Waals surface area contributed by atoms with Gasteiger partial charge in [0.2, 0.25) is 5.91 Å². The number of aliphatic hydroxyl groups excluding tert-OH is 8. The van der Waals surface area contributed by atoms with Crippen molar-refractivity contribution in [3.8, 4) is 0 Å². The van der Waals surface area contributed by atoms with E-state index in [1.165, 1.54) is 148 Å². The molecule has 0 aromatic rings. The smallest absolute Gasteiger partial charge is 0.220 e. The standard InChI is InChI=1S/C80H135NO13/c1-3-5-7-9-11-13-15-17-19-21-23-25-27-29-31-33-34-36-38-40-42-44-46-48-50-52-54-56-58-60-62-64-72(85)81-68(67-91-79-77(90)75(88)78(71(66-83)93-79)94-80-76(89)74(87)73(86)70(65-82)92-80)69(84)63-61-59-57-55-53-51-49-47-45-43-41-39-37-35-32-30-28-26-24-22-20-18-16-14-12-10-8-6-4-2/h5,7,11,13,17,19,23,25,29,31,34,36,40,42,46,48,52-55,61,63,68-71,73-80,82-84,86-90H,3-4,6,8-10,12,14-16,18,20-22,24,26-28,30,32-33,35,37-39,41,43-45,47,49-51,56-60,62,64-67H2,1-2H3,(H,81,85)/b7-5-,13-11-,19-17-,25-23-,31-29-,36-34-,42-40-,48-46-,54-52-,55-53+,63-61+. The maximum Gasteiger partial charge on any atom is 0.220 e. The van der Waals surface area contributed by atoms with E-state index in [-0.39, 0.29) is 18.9 Å². The molecule has 0 saturated carbocycles. The molecule has 2 saturated heterocycles. The molecule has 2 aliphatic heterocycles. The van der Waals surface area contributed by atoms with Crippen molar-refractivity contribution >= 4 is 5.91 Å². The number of ether oxygens (including phenoxy) is 4. The SMILES string of the molecule is CC/C=C\C/C=C\C/C=C\C/C=C\C/C=C\C/C=C\C/C=C\C/C=C\C/C=C\CCCCCC(=O)NC(COC1OC(CO)C(OC2OC(CO)C(O)C(O)C2O)C(O)C1O)C(O)/C=C/CC/C=C/CCCCCCCCCCCCCCCCCCCCCCCCC. The Morgan fingerprint density at radius 3 is 1.17 bits per heavy atom. The fraction of sp³-hybridized carbons (Fsp3) is 0.713. The third-order valence-electron chi connectivity index (χ3n) is 17.3. The molecule has 2 aliphatic rings. The highest BCUT2D eigenvalue weighted by molar-refractivity contribution is 5.76. The normalized spacial score (nSPS) is 23.3. The van der Waals surface area contributed by atoms with Crippen LogP contribution in [0.3, 0.4) is 0 Å². The van der Waals surface area contributed by atoms with Crippen molar-refractivity contribution in [2.45, 2.75) is 344 Å². The molecular formula is C80H135NO13. The first kappa shape index (κ1) is 86.2. The van der Waals surface area contributed by atoms with Gasteiger partial charge in [-0.2, -0.15) is 0 Å². The van der Waals surface area contributed by atoms with Crippen LogP contribution in [0.1, 0.15) is 271 Å². The average molecular weight is 1320 g/mol. The first-order valence-corrected chi connectivity index (χ1v) is 37.4. The minimum absolute atomic E-state index is 0.224. The molecule has 0 bridgehead atoms. The Labute approximate surface area is 570 Å². The summed E-state index contributed by atoms with van der Waals surface area (Å²) in [6.07, 6.45) is 76.6. The summed E-state index contributed by atoms with van der Waals surface area (Å²) < 4.78 is 22.8. The van der Waals surface area contributed by atoms with Gasteiger partial charge in [0.15, 0.2) is 12.6 Å². The highest BCUT2D eigenvalue weighted by Gasteiger charge is 2.51. The van der Waals surface area contributed by atoms with Gasteiger partial charge in [-0.15, -0.1) is 0 Å². The van der Waals surface area contributed by atoms with Crippen LogP contribution in [-0.4, -0.2) is 140 Å². The first-order valence-electron chi connectivity index (χ1n) is 37.4. The van der Waals surface area contributed by atoms with Crippen LogP contribution in [0.15, 0.2) is 134 Å². The summed E-state index contributed by atoms with van der Waals surface area (Å²) in [5, 5.41) is 87.5. The van der Waals surface area contributed by atoms with Gasteiger partial charge in [0.05, 0.1) is 32.0 Å². The third-order valence-corrected chi connectivity index (χ3v) is 17.3. The number of carbonyl (C=O) groups is 1. The topological polar surface area (TPSA) is 228 Å². The molecule has 12 atom stereocenters. The number of amides is 1. The van der Waals surface area contributed by atoms with E-state index in [4.69, 9.17) is 18.9 Å². The summed E-state index contributed by atoms with van der Waals surface area (Å²) in [4.78, 5) is 13.3. The fourth-order valence-electron chi connectivity index (χ4n) is 11.4. The van der Waals surface area contributed by atoms with Crippen molar-refractivity contribution in [2.75, 3.05) is 19.8 Å². The van der Waals surface area contributed by atoms with E-state index in [9.17, 15) is 45.6 Å². The molecule has 14 nitrogen and oxygen atoms in total. The summed E-state index contributed by atoms with van der Waals surface area (Å²) in [7, 11) is 0. The molecule has 0 spiro atoms. The lowest BCUT2D eigenvalue weighted by Crippen LogP contribution is -2.65. The Morgan fingerprint density at radius 2 is 0.745 bits per heavy atom. The Balaban J connectivity index is 1.71. The van der Waals surface area contributed by atoms with E-state index >= 15 is 0 Å². The Bertz CT molecular complexity index is 2090. The summed E-state index contributed by atoms with van der Waals surface area (Å²) >= 11 is 0. The molecule has 0 aromatic heterocycles. The lowest BCUT2D eigenvalue weighted by molar-refractivity contribution is -0.359. The third kappa shape index (κ3) is 45.6. The van der Waals surface area contributed by atoms with Crippen molar-refractivity contribution in [2.24, 2.45) is 0 Å². The van der Waals surface area contributed by atoms with Crippen LogP contribution in [-0.2, 0) is 23.7 Å². The number of unbranched alkanes of at least 4 members (excludes halogenated alkanes) is 27. The summed E-state index contributed by atoms with van der Waals surface area (Å²) in [6.45, 7) is 2.66. The van der Waals surface area contributed by atoms with E-state index in [2.05, 4.69) is 141 Å². The van der Waals surface area contributed by atoms with Gasteiger partial charge < -0.3 is 65.1 Å². The second-order valence-electron chi connectivity index (χ2n) is 25.7. The van der Waals surface area contributed by atoms with Gasteiger partial charge >= 0.3 is 0 Å². The number of nitrogens with one attached hydrogen (secondary N) is 1.